The summed E-state index contributed by atoms with van der Waals surface area (Å²) in [6, 6.07) is 0.409. The highest BCUT2D eigenvalue weighted by atomic mass is 14.9. The molecule has 3 unspecified atom stereocenters. The molecule has 0 aromatic carbocycles. The fourth-order valence-corrected chi connectivity index (χ4v) is 2.42. The summed E-state index contributed by atoms with van der Waals surface area (Å²) in [6.45, 7) is 0.833. The van der Waals surface area contributed by atoms with Crippen LogP contribution in [0.2, 0.25) is 0 Å². The van der Waals surface area contributed by atoms with Crippen LogP contribution in [-0.2, 0) is 0 Å². The molecular formula is C11H12N2. The quantitative estimate of drug-likeness (QED) is 0.530. The van der Waals surface area contributed by atoms with Gasteiger partial charge >= 0.3 is 0 Å². The molecule has 0 saturated heterocycles. The van der Waals surface area contributed by atoms with E-state index in [9.17, 15) is 0 Å². The van der Waals surface area contributed by atoms with E-state index in [0.29, 0.717) is 17.9 Å². The molecule has 0 saturated carbocycles. The van der Waals surface area contributed by atoms with Crippen molar-refractivity contribution in [3.63, 3.8) is 0 Å². The van der Waals surface area contributed by atoms with E-state index in [0.717, 1.165) is 13.0 Å². The van der Waals surface area contributed by atoms with Crippen LogP contribution in [0.25, 0.3) is 0 Å². The highest BCUT2D eigenvalue weighted by Gasteiger charge is 2.36. The van der Waals surface area contributed by atoms with Crippen molar-refractivity contribution >= 4 is 11.9 Å². The molecule has 13 heavy (non-hydrogen) atoms. The molecule has 0 aromatic heterocycles. The Balaban J connectivity index is 1.97. The molecule has 0 aromatic rings. The number of hydrogen-bond donors (Lipinski definition) is 0. The van der Waals surface area contributed by atoms with Crippen LogP contribution >= 0.6 is 0 Å². The summed E-state index contributed by atoms with van der Waals surface area (Å²) < 4.78 is 0. The van der Waals surface area contributed by atoms with Gasteiger partial charge in [-0.3, -0.25) is 9.98 Å². The van der Waals surface area contributed by atoms with E-state index in [2.05, 4.69) is 35.5 Å². The number of hydrogen-bond acceptors (Lipinski definition) is 2. The Hall–Kier alpha value is -1.18. The molecule has 3 atom stereocenters. The van der Waals surface area contributed by atoms with Crippen molar-refractivity contribution in [1.29, 1.82) is 0 Å². The highest BCUT2D eigenvalue weighted by Crippen LogP contribution is 2.34. The van der Waals surface area contributed by atoms with E-state index >= 15 is 0 Å². The first-order valence-electron chi connectivity index (χ1n) is 4.85. The average Bonchev–Trinajstić information content (AvgIpc) is 2.56. The fourth-order valence-electron chi connectivity index (χ4n) is 2.42. The molecule has 2 heteroatoms. The summed E-state index contributed by atoms with van der Waals surface area (Å²) in [4.78, 5) is 8.97. The van der Waals surface area contributed by atoms with Crippen LogP contribution in [0.3, 0.4) is 0 Å². The summed E-state index contributed by atoms with van der Waals surface area (Å²) in [6.07, 6.45) is 11.9. The number of aliphatic imine (C=N–C) groups is 2. The fraction of sp³-hybridized carbons (Fsp3) is 0.455. The molecule has 0 bridgehead atoms. The van der Waals surface area contributed by atoms with Crippen LogP contribution in [-0.4, -0.2) is 24.5 Å². The monoisotopic (exact) mass is 172 g/mol. The Morgan fingerprint density at radius 1 is 1.23 bits per heavy atom. The average molecular weight is 172 g/mol. The van der Waals surface area contributed by atoms with Crippen LogP contribution in [0.15, 0.2) is 34.3 Å². The Labute approximate surface area is 77.8 Å². The summed E-state index contributed by atoms with van der Waals surface area (Å²) in [5.41, 5.74) is 1.31. The number of nitrogens with zero attached hydrogens (tertiary/aromatic N) is 2. The van der Waals surface area contributed by atoms with Gasteiger partial charge in [0.15, 0.2) is 0 Å². The summed E-state index contributed by atoms with van der Waals surface area (Å²) in [5.74, 6) is 1.26. The molecule has 1 aliphatic carbocycles. The van der Waals surface area contributed by atoms with E-state index in [-0.39, 0.29) is 0 Å². The maximum Gasteiger partial charge on any atom is 0.0767 e. The first-order valence-corrected chi connectivity index (χ1v) is 4.85. The third-order valence-electron chi connectivity index (χ3n) is 3.10. The van der Waals surface area contributed by atoms with Gasteiger partial charge < -0.3 is 0 Å². The lowest BCUT2D eigenvalue weighted by atomic mass is 9.82. The van der Waals surface area contributed by atoms with Crippen LogP contribution in [0.1, 0.15) is 6.42 Å². The third kappa shape index (κ3) is 1.01. The molecule has 66 valence electrons. The summed E-state index contributed by atoms with van der Waals surface area (Å²) >= 11 is 0. The first-order chi connectivity index (χ1) is 6.45. The first kappa shape index (κ1) is 7.25. The lowest BCUT2D eigenvalue weighted by Crippen LogP contribution is -2.26. The molecule has 2 aliphatic heterocycles. The third-order valence-corrected chi connectivity index (χ3v) is 3.10. The molecule has 0 radical (unpaired) electrons. The molecule has 0 amide bonds. The van der Waals surface area contributed by atoms with Crippen molar-refractivity contribution in [2.45, 2.75) is 12.5 Å². The summed E-state index contributed by atoms with van der Waals surface area (Å²) in [7, 11) is 0. The molecular weight excluding hydrogens is 160 g/mol. The summed E-state index contributed by atoms with van der Waals surface area (Å²) in [5, 5.41) is 0. The Morgan fingerprint density at radius 2 is 2.15 bits per heavy atom. The lowest BCUT2D eigenvalue weighted by Gasteiger charge is -2.22. The predicted molar refractivity (Wildman–Crippen MR) is 54.5 cm³/mol. The van der Waals surface area contributed by atoms with E-state index in [1.54, 1.807) is 0 Å². The minimum Gasteiger partial charge on any atom is -0.291 e. The lowest BCUT2D eigenvalue weighted by molar-refractivity contribution is 0.507. The normalized spacial score (nSPS) is 40.0. The van der Waals surface area contributed by atoms with E-state index in [1.807, 2.05) is 0 Å². The van der Waals surface area contributed by atoms with E-state index in [1.165, 1.54) is 5.71 Å². The maximum absolute atomic E-state index is 4.70. The molecule has 0 N–H and O–H groups in total. The van der Waals surface area contributed by atoms with Crippen LogP contribution in [0.4, 0.5) is 0 Å². The molecule has 3 rings (SSSR count). The van der Waals surface area contributed by atoms with Gasteiger partial charge in [0.2, 0.25) is 0 Å². The second kappa shape index (κ2) is 2.66. The van der Waals surface area contributed by atoms with Gasteiger partial charge in [0.25, 0.3) is 0 Å². The van der Waals surface area contributed by atoms with Gasteiger partial charge in [0.1, 0.15) is 0 Å². The zero-order valence-electron chi connectivity index (χ0n) is 7.43. The Kier molecular flexibility index (Phi) is 1.48. The molecule has 2 nitrogen and oxygen atoms in total. The van der Waals surface area contributed by atoms with Crippen molar-refractivity contribution in [3.8, 4) is 0 Å². The smallest absolute Gasteiger partial charge is 0.0767 e. The van der Waals surface area contributed by atoms with Crippen molar-refractivity contribution < 1.29 is 0 Å². The second-order valence-electron chi connectivity index (χ2n) is 3.82. The van der Waals surface area contributed by atoms with Gasteiger partial charge in [0, 0.05) is 17.5 Å². The molecule has 3 aliphatic rings. The Morgan fingerprint density at radius 3 is 3.15 bits per heavy atom. The van der Waals surface area contributed by atoms with Gasteiger partial charge in [-0.05, 0) is 12.6 Å². The van der Waals surface area contributed by atoms with Gasteiger partial charge in [-0.25, -0.2) is 0 Å². The van der Waals surface area contributed by atoms with Crippen LogP contribution < -0.4 is 0 Å². The number of allylic oxidation sites excluding steroid dienone is 2. The topological polar surface area (TPSA) is 24.7 Å². The minimum absolute atomic E-state index is 0.409. The largest absolute Gasteiger partial charge is 0.291 e. The van der Waals surface area contributed by atoms with Crippen LogP contribution in [0, 0.1) is 11.8 Å². The second-order valence-corrected chi connectivity index (χ2v) is 3.82. The molecule has 2 heterocycles. The SMILES string of the molecule is C1=CC2N=C3CN=CCC3C2C=C1. The van der Waals surface area contributed by atoms with Crippen molar-refractivity contribution in [2.75, 3.05) is 6.54 Å². The predicted octanol–water partition coefficient (Wildman–Crippen LogP) is 1.64. The van der Waals surface area contributed by atoms with Gasteiger partial charge in [0.05, 0.1) is 12.6 Å². The van der Waals surface area contributed by atoms with E-state index < -0.39 is 0 Å². The molecule has 0 spiro atoms. The Bertz CT molecular complexity index is 336. The minimum atomic E-state index is 0.409. The van der Waals surface area contributed by atoms with Crippen molar-refractivity contribution in [1.82, 2.24) is 0 Å². The van der Waals surface area contributed by atoms with E-state index in [4.69, 9.17) is 4.99 Å². The van der Waals surface area contributed by atoms with Crippen molar-refractivity contribution in [3.05, 3.63) is 24.3 Å². The van der Waals surface area contributed by atoms with Gasteiger partial charge in [-0.1, -0.05) is 24.3 Å². The van der Waals surface area contributed by atoms with Gasteiger partial charge in [-0.15, -0.1) is 0 Å². The number of rotatable bonds is 0. The van der Waals surface area contributed by atoms with Gasteiger partial charge in [-0.2, -0.15) is 0 Å². The zero-order valence-corrected chi connectivity index (χ0v) is 7.43. The highest BCUT2D eigenvalue weighted by molar-refractivity contribution is 5.95. The van der Waals surface area contributed by atoms with Crippen LogP contribution in [0.5, 0.6) is 0 Å². The molecule has 0 fully saturated rings. The standard InChI is InChI=1S/C11H12N2/c1-2-4-10-8(3-1)9-5-6-12-7-11(9)13-10/h1-4,6,8-10H,5,7H2. The van der Waals surface area contributed by atoms with Crippen molar-refractivity contribution in [2.24, 2.45) is 21.8 Å². The maximum atomic E-state index is 4.70. The number of fused-ring (bicyclic) bond motifs is 3. The zero-order chi connectivity index (χ0) is 8.67.